The molecule has 0 bridgehead atoms. The quantitative estimate of drug-likeness (QED) is 0.0937. The summed E-state index contributed by atoms with van der Waals surface area (Å²) in [4.78, 5) is 46.9. The van der Waals surface area contributed by atoms with Crippen LogP contribution in [0.2, 0.25) is 0 Å². The number of Topliss-reactive ketones (excluding diaryl/α,β-unsaturated/α-hetero) is 2. The lowest BCUT2D eigenvalue weighted by Gasteiger charge is -2.33. The zero-order valence-corrected chi connectivity index (χ0v) is 36.2. The molecule has 320 valence electrons. The highest BCUT2D eigenvalue weighted by Crippen LogP contribution is 2.45. The van der Waals surface area contributed by atoms with Gasteiger partial charge in [-0.1, -0.05) is 158 Å². The van der Waals surface area contributed by atoms with E-state index in [-0.39, 0.29) is 42.4 Å². The summed E-state index contributed by atoms with van der Waals surface area (Å²) in [6.45, 7) is 5.22. The summed E-state index contributed by atoms with van der Waals surface area (Å²) in [7, 11) is 0. The minimum atomic E-state index is -0.371. The summed E-state index contributed by atoms with van der Waals surface area (Å²) in [6.07, 6.45) is 9.03. The molecule has 6 aromatic rings. The fraction of sp³-hybridized carbons (Fsp3) is 0.175. The molecule has 0 saturated carbocycles. The predicted molar refractivity (Wildman–Crippen MR) is 255 cm³/mol. The summed E-state index contributed by atoms with van der Waals surface area (Å²) in [5.41, 5.74) is 11.3. The Hall–Kier alpha value is -7.19. The Morgan fingerprint density at radius 1 is 0.422 bits per heavy atom. The molecule has 7 nitrogen and oxygen atoms in total. The summed E-state index contributed by atoms with van der Waals surface area (Å²) < 4.78 is 0. The van der Waals surface area contributed by atoms with Gasteiger partial charge in [-0.25, -0.2) is 0 Å². The second-order valence-electron chi connectivity index (χ2n) is 16.4. The van der Waals surface area contributed by atoms with E-state index in [1.165, 1.54) is 0 Å². The van der Waals surface area contributed by atoms with Crippen LogP contribution in [-0.4, -0.2) is 63.7 Å². The monoisotopic (exact) mass is 844 g/mol. The Balaban J connectivity index is 1.12. The van der Waals surface area contributed by atoms with Crippen LogP contribution in [0.4, 0.5) is 0 Å². The van der Waals surface area contributed by atoms with Gasteiger partial charge in [0.25, 0.3) is 0 Å². The van der Waals surface area contributed by atoms with Gasteiger partial charge in [-0.15, -0.1) is 0 Å². The number of benzene rings is 6. The van der Waals surface area contributed by atoms with Crippen LogP contribution in [-0.2, 0) is 0 Å². The standard InChI is InChI=1S/C57H52N2O5/c1-39-15-9-11-21-47(39)53-49(35-58(31-13-33-60)37-51(53)56(63)43-17-5-3-6-18-43)41-23-27-45(28-24-41)55(62)46-29-25-42(26-30-46)50-36-59(32-14-34-61)38-52(57(64)44-19-7-4-8-20-44)54(50)48-22-12-10-16-40(48)2/h3-12,15-30,35-38,53-54,60-61H,13-14,31-34H2,1-2H3. The average Bonchev–Trinajstić information content (AvgIpc) is 3.35. The number of hydrogen-bond donors (Lipinski definition) is 2. The number of aryl methyl sites for hydroxylation is 2. The van der Waals surface area contributed by atoms with Crippen LogP contribution in [0, 0.1) is 13.8 Å². The highest BCUT2D eigenvalue weighted by atomic mass is 16.3. The number of carbonyl (C=O) groups is 3. The lowest BCUT2D eigenvalue weighted by Crippen LogP contribution is -2.26. The minimum Gasteiger partial charge on any atom is -0.396 e. The largest absolute Gasteiger partial charge is 0.396 e. The minimum absolute atomic E-state index is 0.0223. The van der Waals surface area contributed by atoms with Crippen molar-refractivity contribution in [1.29, 1.82) is 0 Å². The first-order chi connectivity index (χ1) is 31.2. The summed E-state index contributed by atoms with van der Waals surface area (Å²) >= 11 is 0. The third kappa shape index (κ3) is 9.27. The van der Waals surface area contributed by atoms with Gasteiger partial charge in [-0.2, -0.15) is 0 Å². The van der Waals surface area contributed by atoms with Gasteiger partial charge in [-0.05, 0) is 71.2 Å². The van der Waals surface area contributed by atoms with E-state index >= 15 is 0 Å². The van der Waals surface area contributed by atoms with Crippen LogP contribution in [0.25, 0.3) is 11.1 Å². The maximum Gasteiger partial charge on any atom is 0.193 e. The zero-order chi connectivity index (χ0) is 44.6. The molecule has 2 unspecified atom stereocenters. The van der Waals surface area contributed by atoms with Crippen molar-refractivity contribution in [2.45, 2.75) is 38.5 Å². The van der Waals surface area contributed by atoms with Crippen molar-refractivity contribution in [3.05, 3.63) is 249 Å². The number of allylic oxidation sites excluding steroid dienone is 4. The van der Waals surface area contributed by atoms with Gasteiger partial charge in [-0.3, -0.25) is 14.4 Å². The molecule has 0 saturated heterocycles. The lowest BCUT2D eigenvalue weighted by molar-refractivity contribution is 0.102. The third-order valence-electron chi connectivity index (χ3n) is 12.2. The second kappa shape index (κ2) is 19.9. The van der Waals surface area contributed by atoms with E-state index in [0.29, 0.717) is 59.3 Å². The van der Waals surface area contributed by atoms with Gasteiger partial charge >= 0.3 is 0 Å². The van der Waals surface area contributed by atoms with Crippen LogP contribution < -0.4 is 0 Å². The van der Waals surface area contributed by atoms with Crippen LogP contribution in [0.15, 0.2) is 194 Å². The molecule has 0 amide bonds. The second-order valence-corrected chi connectivity index (χ2v) is 16.4. The Morgan fingerprint density at radius 2 is 0.766 bits per heavy atom. The van der Waals surface area contributed by atoms with E-state index in [1.807, 2.05) is 156 Å². The molecule has 2 atom stereocenters. The van der Waals surface area contributed by atoms with E-state index < -0.39 is 0 Å². The molecule has 2 heterocycles. The molecule has 2 aliphatic rings. The molecule has 0 spiro atoms. The Kier molecular flexibility index (Phi) is 13.5. The SMILES string of the molecule is Cc1ccccc1C1C(C(=O)c2ccccc2)=CN(CCCO)C=C1c1ccc(C(=O)c2ccc(C3=CN(CCCO)C=C(C(=O)c4ccccc4)C3c3ccccc3C)cc2)cc1. The summed E-state index contributed by atoms with van der Waals surface area (Å²) in [5, 5.41) is 19.5. The van der Waals surface area contributed by atoms with Crippen molar-refractivity contribution in [2.24, 2.45) is 0 Å². The zero-order valence-electron chi connectivity index (χ0n) is 36.2. The number of aliphatic hydroxyl groups excluding tert-OH is 2. The molecule has 64 heavy (non-hydrogen) atoms. The molecule has 7 heteroatoms. The average molecular weight is 845 g/mol. The fourth-order valence-electron chi connectivity index (χ4n) is 8.85. The third-order valence-corrected chi connectivity index (χ3v) is 12.2. The van der Waals surface area contributed by atoms with Gasteiger partial charge in [0, 0.05) is 96.3 Å². The molecule has 0 fully saturated rings. The molecule has 0 aliphatic carbocycles. The Labute approximate surface area is 375 Å². The number of hydrogen-bond acceptors (Lipinski definition) is 7. The maximum absolute atomic E-state index is 14.3. The molecule has 0 aromatic heterocycles. The molecular formula is C57H52N2O5. The number of aliphatic hydroxyl groups is 2. The Bertz CT molecular complexity index is 2580. The highest BCUT2D eigenvalue weighted by Gasteiger charge is 2.34. The number of carbonyl (C=O) groups excluding carboxylic acids is 3. The molecule has 2 aliphatic heterocycles. The van der Waals surface area contributed by atoms with Crippen LogP contribution in [0.1, 0.15) is 94.7 Å². The van der Waals surface area contributed by atoms with Gasteiger partial charge in [0.05, 0.1) is 0 Å². The molecule has 0 radical (unpaired) electrons. The van der Waals surface area contributed by atoms with Gasteiger partial charge in [0.2, 0.25) is 0 Å². The first-order valence-corrected chi connectivity index (χ1v) is 21.9. The molecular weight excluding hydrogens is 793 g/mol. The first-order valence-electron chi connectivity index (χ1n) is 21.9. The van der Waals surface area contributed by atoms with Crippen molar-refractivity contribution in [1.82, 2.24) is 9.80 Å². The van der Waals surface area contributed by atoms with Crippen molar-refractivity contribution in [3.8, 4) is 0 Å². The van der Waals surface area contributed by atoms with E-state index in [4.69, 9.17) is 0 Å². The van der Waals surface area contributed by atoms with Crippen molar-refractivity contribution >= 4 is 28.5 Å². The molecule has 8 rings (SSSR count). The van der Waals surface area contributed by atoms with Crippen molar-refractivity contribution < 1.29 is 24.6 Å². The van der Waals surface area contributed by atoms with Gasteiger partial charge in [0.15, 0.2) is 17.3 Å². The number of nitrogens with zero attached hydrogens (tertiary/aromatic N) is 2. The highest BCUT2D eigenvalue weighted by molar-refractivity contribution is 6.13. The molecule has 6 aromatic carbocycles. The first kappa shape index (κ1) is 43.5. The number of ketones is 3. The normalized spacial score (nSPS) is 16.1. The van der Waals surface area contributed by atoms with Crippen LogP contribution >= 0.6 is 0 Å². The van der Waals surface area contributed by atoms with Gasteiger partial charge < -0.3 is 20.0 Å². The maximum atomic E-state index is 14.3. The van der Waals surface area contributed by atoms with Crippen molar-refractivity contribution in [2.75, 3.05) is 26.3 Å². The Morgan fingerprint density at radius 3 is 1.12 bits per heavy atom. The van der Waals surface area contributed by atoms with E-state index in [2.05, 4.69) is 50.5 Å². The summed E-state index contributed by atoms with van der Waals surface area (Å²) in [5.74, 6) is -1.00. The topological polar surface area (TPSA) is 98.2 Å². The van der Waals surface area contributed by atoms with E-state index in [0.717, 1.165) is 44.5 Å². The van der Waals surface area contributed by atoms with E-state index in [9.17, 15) is 24.6 Å². The molecule has 2 N–H and O–H groups in total. The van der Waals surface area contributed by atoms with E-state index in [1.54, 1.807) is 0 Å². The lowest BCUT2D eigenvalue weighted by atomic mass is 9.76. The van der Waals surface area contributed by atoms with Gasteiger partial charge in [0.1, 0.15) is 0 Å². The van der Waals surface area contributed by atoms with Crippen molar-refractivity contribution in [3.63, 3.8) is 0 Å². The van der Waals surface area contributed by atoms with Crippen LogP contribution in [0.3, 0.4) is 0 Å². The van der Waals surface area contributed by atoms with Crippen LogP contribution in [0.5, 0.6) is 0 Å². The smallest absolute Gasteiger partial charge is 0.193 e. The summed E-state index contributed by atoms with van der Waals surface area (Å²) in [6, 6.07) is 50.1. The number of rotatable bonds is 16. The fourth-order valence-corrected chi connectivity index (χ4v) is 8.85. The predicted octanol–water partition coefficient (Wildman–Crippen LogP) is 10.7.